The SMILES string of the molecule is CCNC(=O)CNCc1ccc2c(c1)CCC2. The van der Waals surface area contributed by atoms with Crippen molar-refractivity contribution in [3.8, 4) is 0 Å². The third kappa shape index (κ3) is 3.30. The lowest BCUT2D eigenvalue weighted by molar-refractivity contribution is -0.120. The number of hydrogen-bond donors (Lipinski definition) is 2. The minimum atomic E-state index is 0.0636. The first-order valence-corrected chi connectivity index (χ1v) is 6.37. The van der Waals surface area contributed by atoms with Gasteiger partial charge in [-0.1, -0.05) is 18.2 Å². The molecule has 3 heteroatoms. The third-order valence-corrected chi connectivity index (χ3v) is 3.15. The van der Waals surface area contributed by atoms with Crippen LogP contribution in [0.1, 0.15) is 30.0 Å². The summed E-state index contributed by atoms with van der Waals surface area (Å²) in [6.45, 7) is 3.78. The fourth-order valence-electron chi connectivity index (χ4n) is 2.32. The number of likely N-dealkylation sites (N-methyl/N-ethyl adjacent to an activating group) is 1. The van der Waals surface area contributed by atoms with E-state index < -0.39 is 0 Å². The van der Waals surface area contributed by atoms with E-state index in [1.54, 1.807) is 0 Å². The molecular weight excluding hydrogens is 212 g/mol. The van der Waals surface area contributed by atoms with Gasteiger partial charge in [-0.3, -0.25) is 4.79 Å². The van der Waals surface area contributed by atoms with E-state index in [-0.39, 0.29) is 5.91 Å². The monoisotopic (exact) mass is 232 g/mol. The van der Waals surface area contributed by atoms with Crippen molar-refractivity contribution in [2.24, 2.45) is 0 Å². The number of carbonyl (C=O) groups excluding carboxylic acids is 1. The Labute approximate surface area is 103 Å². The Morgan fingerprint density at radius 2 is 2.12 bits per heavy atom. The van der Waals surface area contributed by atoms with E-state index in [1.165, 1.54) is 36.0 Å². The van der Waals surface area contributed by atoms with E-state index in [4.69, 9.17) is 0 Å². The van der Waals surface area contributed by atoms with Crippen molar-refractivity contribution in [3.63, 3.8) is 0 Å². The number of benzene rings is 1. The van der Waals surface area contributed by atoms with Crippen molar-refractivity contribution in [2.75, 3.05) is 13.1 Å². The van der Waals surface area contributed by atoms with Gasteiger partial charge in [-0.25, -0.2) is 0 Å². The van der Waals surface area contributed by atoms with E-state index >= 15 is 0 Å². The van der Waals surface area contributed by atoms with Crippen LogP contribution >= 0.6 is 0 Å². The van der Waals surface area contributed by atoms with Gasteiger partial charge in [0, 0.05) is 13.1 Å². The second kappa shape index (κ2) is 5.82. The number of carbonyl (C=O) groups is 1. The summed E-state index contributed by atoms with van der Waals surface area (Å²) in [5, 5.41) is 5.94. The van der Waals surface area contributed by atoms with E-state index in [0.29, 0.717) is 13.1 Å². The first-order valence-electron chi connectivity index (χ1n) is 6.37. The Hall–Kier alpha value is -1.35. The maximum atomic E-state index is 11.2. The molecule has 0 bridgehead atoms. The van der Waals surface area contributed by atoms with Crippen molar-refractivity contribution in [2.45, 2.75) is 32.7 Å². The molecule has 1 amide bonds. The second-order valence-electron chi connectivity index (χ2n) is 4.51. The highest BCUT2D eigenvalue weighted by Crippen LogP contribution is 2.22. The summed E-state index contributed by atoms with van der Waals surface area (Å²) >= 11 is 0. The van der Waals surface area contributed by atoms with E-state index in [0.717, 1.165) is 6.54 Å². The van der Waals surface area contributed by atoms with Crippen LogP contribution in [0.4, 0.5) is 0 Å². The van der Waals surface area contributed by atoms with Gasteiger partial charge in [-0.15, -0.1) is 0 Å². The highest BCUT2D eigenvalue weighted by Gasteiger charge is 2.10. The lowest BCUT2D eigenvalue weighted by Gasteiger charge is -2.07. The van der Waals surface area contributed by atoms with Gasteiger partial charge in [-0.05, 0) is 42.9 Å². The molecule has 17 heavy (non-hydrogen) atoms. The minimum Gasteiger partial charge on any atom is -0.355 e. The molecule has 0 unspecified atom stereocenters. The molecule has 0 aromatic heterocycles. The molecule has 1 aliphatic carbocycles. The zero-order valence-corrected chi connectivity index (χ0v) is 10.4. The normalized spacial score (nSPS) is 13.5. The van der Waals surface area contributed by atoms with E-state index in [1.807, 2.05) is 6.92 Å². The highest BCUT2D eigenvalue weighted by atomic mass is 16.1. The van der Waals surface area contributed by atoms with Crippen LogP contribution in [0, 0.1) is 0 Å². The molecule has 0 saturated carbocycles. The summed E-state index contributed by atoms with van der Waals surface area (Å²) < 4.78 is 0. The maximum Gasteiger partial charge on any atom is 0.233 e. The first kappa shape index (κ1) is 12.1. The zero-order chi connectivity index (χ0) is 12.1. The summed E-state index contributed by atoms with van der Waals surface area (Å²) in [5.74, 6) is 0.0636. The third-order valence-electron chi connectivity index (χ3n) is 3.15. The second-order valence-corrected chi connectivity index (χ2v) is 4.51. The van der Waals surface area contributed by atoms with Gasteiger partial charge in [0.1, 0.15) is 0 Å². The van der Waals surface area contributed by atoms with Gasteiger partial charge in [-0.2, -0.15) is 0 Å². The highest BCUT2D eigenvalue weighted by molar-refractivity contribution is 5.77. The maximum absolute atomic E-state index is 11.2. The first-order chi connectivity index (χ1) is 8.29. The summed E-state index contributed by atoms with van der Waals surface area (Å²) in [5.41, 5.74) is 4.26. The fourth-order valence-corrected chi connectivity index (χ4v) is 2.32. The molecule has 0 atom stereocenters. The zero-order valence-electron chi connectivity index (χ0n) is 10.4. The molecule has 0 aliphatic heterocycles. The standard InChI is InChI=1S/C14H20N2O/c1-2-16-14(17)10-15-9-11-6-7-12-4-3-5-13(12)8-11/h6-8,15H,2-5,9-10H2,1H3,(H,16,17). The van der Waals surface area contributed by atoms with Crippen molar-refractivity contribution < 1.29 is 4.79 Å². The van der Waals surface area contributed by atoms with Gasteiger partial charge >= 0.3 is 0 Å². The Bertz CT molecular complexity index is 401. The lowest BCUT2D eigenvalue weighted by atomic mass is 10.1. The number of nitrogens with one attached hydrogen (secondary N) is 2. The van der Waals surface area contributed by atoms with Crippen LogP contribution < -0.4 is 10.6 Å². The molecule has 2 N–H and O–H groups in total. The van der Waals surface area contributed by atoms with Crippen molar-refractivity contribution in [3.05, 3.63) is 34.9 Å². The lowest BCUT2D eigenvalue weighted by Crippen LogP contribution is -2.33. The Balaban J connectivity index is 1.81. The fraction of sp³-hybridized carbons (Fsp3) is 0.500. The summed E-state index contributed by atoms with van der Waals surface area (Å²) in [4.78, 5) is 11.2. The topological polar surface area (TPSA) is 41.1 Å². The average Bonchev–Trinajstić information content (AvgIpc) is 2.76. The number of amides is 1. The van der Waals surface area contributed by atoms with Gasteiger partial charge < -0.3 is 10.6 Å². The minimum absolute atomic E-state index is 0.0636. The molecule has 1 aromatic rings. The predicted molar refractivity (Wildman–Crippen MR) is 68.9 cm³/mol. The predicted octanol–water partition coefficient (Wildman–Crippen LogP) is 1.40. The molecule has 1 aromatic carbocycles. The van der Waals surface area contributed by atoms with Gasteiger partial charge in [0.25, 0.3) is 0 Å². The van der Waals surface area contributed by atoms with Crippen molar-refractivity contribution >= 4 is 5.91 Å². The van der Waals surface area contributed by atoms with Crippen LogP contribution in [-0.4, -0.2) is 19.0 Å². The summed E-state index contributed by atoms with van der Waals surface area (Å²) in [7, 11) is 0. The van der Waals surface area contributed by atoms with Gasteiger partial charge in [0.2, 0.25) is 5.91 Å². The van der Waals surface area contributed by atoms with E-state index in [9.17, 15) is 4.79 Å². The number of aryl methyl sites for hydroxylation is 2. The van der Waals surface area contributed by atoms with Gasteiger partial charge in [0.05, 0.1) is 6.54 Å². The van der Waals surface area contributed by atoms with Crippen LogP contribution in [0.25, 0.3) is 0 Å². The Morgan fingerprint density at radius 3 is 2.94 bits per heavy atom. The van der Waals surface area contributed by atoms with Crippen LogP contribution in [0.5, 0.6) is 0 Å². The molecule has 0 fully saturated rings. The number of hydrogen-bond acceptors (Lipinski definition) is 2. The number of rotatable bonds is 5. The van der Waals surface area contributed by atoms with E-state index in [2.05, 4.69) is 28.8 Å². The molecule has 0 spiro atoms. The van der Waals surface area contributed by atoms with Crippen LogP contribution in [0.15, 0.2) is 18.2 Å². The molecule has 0 saturated heterocycles. The number of fused-ring (bicyclic) bond motifs is 1. The smallest absolute Gasteiger partial charge is 0.233 e. The molecule has 3 nitrogen and oxygen atoms in total. The van der Waals surface area contributed by atoms with Crippen molar-refractivity contribution in [1.29, 1.82) is 0 Å². The molecule has 2 rings (SSSR count). The Kier molecular flexibility index (Phi) is 4.15. The molecule has 0 radical (unpaired) electrons. The summed E-state index contributed by atoms with van der Waals surface area (Å²) in [6, 6.07) is 6.66. The molecular formula is C14H20N2O. The average molecular weight is 232 g/mol. The van der Waals surface area contributed by atoms with Crippen LogP contribution in [0.2, 0.25) is 0 Å². The van der Waals surface area contributed by atoms with Gasteiger partial charge in [0.15, 0.2) is 0 Å². The van der Waals surface area contributed by atoms with Crippen LogP contribution in [-0.2, 0) is 24.2 Å². The summed E-state index contributed by atoms with van der Waals surface area (Å²) in [6.07, 6.45) is 3.71. The Morgan fingerprint density at radius 1 is 1.29 bits per heavy atom. The largest absolute Gasteiger partial charge is 0.355 e. The van der Waals surface area contributed by atoms with Crippen LogP contribution in [0.3, 0.4) is 0 Å². The molecule has 0 heterocycles. The molecule has 1 aliphatic rings. The quantitative estimate of drug-likeness (QED) is 0.805. The van der Waals surface area contributed by atoms with Crippen molar-refractivity contribution in [1.82, 2.24) is 10.6 Å². The molecule has 92 valence electrons.